The molecule has 0 saturated heterocycles. The highest BCUT2D eigenvalue weighted by molar-refractivity contribution is 14.1. The number of hydrogen-bond acceptors (Lipinski definition) is 4. The molecule has 3 nitrogen and oxygen atoms in total. The number of thioether (sulfide) groups is 1. The Bertz CT molecular complexity index is 596. The quantitative estimate of drug-likeness (QED) is 0.762. The molecule has 2 rings (SSSR count). The normalized spacial score (nSPS) is 17.6. The lowest BCUT2D eigenvalue weighted by molar-refractivity contribution is 1.38. The zero-order chi connectivity index (χ0) is 12.4. The van der Waals surface area contributed by atoms with Gasteiger partial charge in [-0.15, -0.1) is 0 Å². The van der Waals surface area contributed by atoms with Gasteiger partial charge in [-0.1, -0.05) is 30.0 Å². The standard InChI is InChI=1S/C12H8IN3S/c13-9-4-2-1-3-7(9)5-10-11(15)8(6-14)12(16)17-10/h1-5,16H,15H2/b10-5-,16-12?. The number of rotatable bonds is 1. The molecule has 0 saturated carbocycles. The molecule has 84 valence electrons. The fourth-order valence-corrected chi connectivity index (χ4v) is 2.83. The van der Waals surface area contributed by atoms with Crippen molar-refractivity contribution < 1.29 is 0 Å². The number of benzene rings is 1. The van der Waals surface area contributed by atoms with E-state index in [4.69, 9.17) is 16.4 Å². The predicted octanol–water partition coefficient (Wildman–Crippen LogP) is 3.09. The Morgan fingerprint density at radius 1 is 1.41 bits per heavy atom. The van der Waals surface area contributed by atoms with Gasteiger partial charge in [-0.2, -0.15) is 5.26 Å². The van der Waals surface area contributed by atoms with E-state index in [9.17, 15) is 0 Å². The van der Waals surface area contributed by atoms with Crippen molar-refractivity contribution in [2.75, 3.05) is 0 Å². The minimum atomic E-state index is 0.224. The largest absolute Gasteiger partial charge is 0.397 e. The van der Waals surface area contributed by atoms with Crippen molar-refractivity contribution in [3.05, 3.63) is 49.6 Å². The smallest absolute Gasteiger partial charge is 0.112 e. The molecule has 0 atom stereocenters. The molecule has 0 spiro atoms. The molecule has 1 aliphatic heterocycles. The minimum Gasteiger partial charge on any atom is -0.397 e. The fraction of sp³-hybridized carbons (Fsp3) is 0. The van der Waals surface area contributed by atoms with E-state index in [1.54, 1.807) is 0 Å². The van der Waals surface area contributed by atoms with E-state index < -0.39 is 0 Å². The molecular formula is C12H8IN3S. The SMILES string of the molecule is N#CC1=C(N)/C(=C/c2ccccc2I)SC1=N. The minimum absolute atomic E-state index is 0.224. The molecule has 17 heavy (non-hydrogen) atoms. The van der Waals surface area contributed by atoms with Gasteiger partial charge < -0.3 is 5.73 Å². The van der Waals surface area contributed by atoms with Crippen LogP contribution in [0.25, 0.3) is 6.08 Å². The summed E-state index contributed by atoms with van der Waals surface area (Å²) in [6.45, 7) is 0. The Balaban J connectivity index is 2.45. The number of hydrogen-bond donors (Lipinski definition) is 2. The highest BCUT2D eigenvalue weighted by Gasteiger charge is 2.23. The lowest BCUT2D eigenvalue weighted by Crippen LogP contribution is -1.99. The van der Waals surface area contributed by atoms with E-state index in [0.29, 0.717) is 5.70 Å². The van der Waals surface area contributed by atoms with Crippen molar-refractivity contribution in [1.82, 2.24) is 0 Å². The summed E-state index contributed by atoms with van der Waals surface area (Å²) in [7, 11) is 0. The van der Waals surface area contributed by atoms with Crippen molar-refractivity contribution in [2.45, 2.75) is 0 Å². The summed E-state index contributed by atoms with van der Waals surface area (Å²) in [6.07, 6.45) is 1.92. The van der Waals surface area contributed by atoms with E-state index in [0.717, 1.165) is 14.0 Å². The van der Waals surface area contributed by atoms with Crippen molar-refractivity contribution in [3.63, 3.8) is 0 Å². The Hall–Kier alpha value is -1.26. The molecular weight excluding hydrogens is 345 g/mol. The molecule has 1 heterocycles. The second-order valence-corrected chi connectivity index (χ2v) is 5.58. The summed E-state index contributed by atoms with van der Waals surface area (Å²) in [5.41, 5.74) is 7.57. The van der Waals surface area contributed by atoms with Gasteiger partial charge in [0.15, 0.2) is 0 Å². The fourth-order valence-electron chi connectivity index (χ4n) is 1.41. The van der Waals surface area contributed by atoms with Crippen LogP contribution < -0.4 is 5.73 Å². The Kier molecular flexibility index (Phi) is 3.54. The van der Waals surface area contributed by atoms with E-state index in [1.165, 1.54) is 11.8 Å². The van der Waals surface area contributed by atoms with Crippen molar-refractivity contribution >= 4 is 45.5 Å². The van der Waals surface area contributed by atoms with Crippen molar-refractivity contribution in [3.8, 4) is 6.07 Å². The molecule has 0 unspecified atom stereocenters. The third kappa shape index (κ3) is 2.37. The second-order valence-electron chi connectivity index (χ2n) is 3.36. The molecule has 0 aliphatic carbocycles. The first kappa shape index (κ1) is 12.2. The lowest BCUT2D eigenvalue weighted by atomic mass is 10.1. The van der Waals surface area contributed by atoms with Gasteiger partial charge in [0.25, 0.3) is 0 Å². The number of nitrogens with one attached hydrogen (secondary N) is 1. The lowest BCUT2D eigenvalue weighted by Gasteiger charge is -2.01. The van der Waals surface area contributed by atoms with Crippen LogP contribution in [0.5, 0.6) is 0 Å². The van der Waals surface area contributed by atoms with Crippen LogP contribution in [0.2, 0.25) is 0 Å². The van der Waals surface area contributed by atoms with E-state index >= 15 is 0 Å². The molecule has 1 aliphatic rings. The topological polar surface area (TPSA) is 73.7 Å². The molecule has 0 bridgehead atoms. The number of nitriles is 1. The maximum absolute atomic E-state index is 8.87. The molecule has 0 aromatic heterocycles. The zero-order valence-electron chi connectivity index (χ0n) is 8.70. The van der Waals surface area contributed by atoms with Gasteiger partial charge in [-0.25, -0.2) is 0 Å². The molecule has 0 fully saturated rings. The monoisotopic (exact) mass is 353 g/mol. The number of nitrogens with two attached hydrogens (primary N) is 1. The molecule has 1 aromatic carbocycles. The van der Waals surface area contributed by atoms with Gasteiger partial charge in [-0.3, -0.25) is 5.41 Å². The summed E-state index contributed by atoms with van der Waals surface area (Å²) in [6, 6.07) is 9.86. The Morgan fingerprint density at radius 3 is 2.71 bits per heavy atom. The Labute approximate surface area is 117 Å². The molecule has 1 aromatic rings. The number of halogens is 1. The van der Waals surface area contributed by atoms with Gasteiger partial charge in [0.2, 0.25) is 0 Å². The van der Waals surface area contributed by atoms with Crippen molar-refractivity contribution in [2.24, 2.45) is 5.73 Å². The van der Waals surface area contributed by atoms with E-state index in [1.807, 2.05) is 36.4 Å². The molecule has 3 N–H and O–H groups in total. The third-order valence-electron chi connectivity index (χ3n) is 2.28. The highest BCUT2D eigenvalue weighted by Crippen LogP contribution is 2.36. The molecule has 0 amide bonds. The zero-order valence-corrected chi connectivity index (χ0v) is 11.7. The van der Waals surface area contributed by atoms with Gasteiger partial charge in [0.05, 0.1) is 5.70 Å². The van der Waals surface area contributed by atoms with Gasteiger partial charge in [-0.05, 0) is 40.3 Å². The molecule has 5 heteroatoms. The summed E-state index contributed by atoms with van der Waals surface area (Å²) < 4.78 is 1.11. The average Bonchev–Trinajstić information content (AvgIpc) is 2.57. The first-order valence-electron chi connectivity index (χ1n) is 4.76. The van der Waals surface area contributed by atoms with Crippen LogP contribution in [0.4, 0.5) is 0 Å². The highest BCUT2D eigenvalue weighted by atomic mass is 127. The van der Waals surface area contributed by atoms with Crippen LogP contribution in [0.3, 0.4) is 0 Å². The average molecular weight is 353 g/mol. The third-order valence-corrected chi connectivity index (χ3v) is 4.23. The summed E-state index contributed by atoms with van der Waals surface area (Å²) in [4.78, 5) is 0.774. The predicted molar refractivity (Wildman–Crippen MR) is 79.3 cm³/mol. The van der Waals surface area contributed by atoms with Crippen LogP contribution in [-0.2, 0) is 0 Å². The summed E-state index contributed by atoms with van der Waals surface area (Å²) in [5.74, 6) is 0. The summed E-state index contributed by atoms with van der Waals surface area (Å²) in [5, 5.41) is 16.7. The summed E-state index contributed by atoms with van der Waals surface area (Å²) >= 11 is 3.47. The molecule has 0 radical (unpaired) electrons. The van der Waals surface area contributed by atoms with Crippen LogP contribution >= 0.6 is 34.4 Å². The van der Waals surface area contributed by atoms with E-state index in [-0.39, 0.29) is 10.6 Å². The second kappa shape index (κ2) is 4.94. The van der Waals surface area contributed by atoms with E-state index in [2.05, 4.69) is 22.6 Å². The van der Waals surface area contributed by atoms with Crippen LogP contribution in [-0.4, -0.2) is 5.04 Å². The van der Waals surface area contributed by atoms with Crippen LogP contribution in [0.15, 0.2) is 40.4 Å². The van der Waals surface area contributed by atoms with Gasteiger partial charge >= 0.3 is 0 Å². The number of nitrogens with zero attached hydrogens (tertiary/aromatic N) is 1. The van der Waals surface area contributed by atoms with Crippen LogP contribution in [0, 0.1) is 20.3 Å². The first-order valence-corrected chi connectivity index (χ1v) is 6.66. The maximum atomic E-state index is 8.87. The van der Waals surface area contributed by atoms with Crippen LogP contribution in [0.1, 0.15) is 5.56 Å². The van der Waals surface area contributed by atoms with Gasteiger partial charge in [0.1, 0.15) is 16.7 Å². The Morgan fingerprint density at radius 2 is 2.12 bits per heavy atom. The maximum Gasteiger partial charge on any atom is 0.112 e. The van der Waals surface area contributed by atoms with Gasteiger partial charge in [0, 0.05) is 8.48 Å². The first-order chi connectivity index (χ1) is 8.13. The van der Waals surface area contributed by atoms with Crippen molar-refractivity contribution in [1.29, 1.82) is 10.7 Å².